The second kappa shape index (κ2) is 24.9. The van der Waals surface area contributed by atoms with E-state index >= 15 is 0 Å². The highest BCUT2D eigenvalue weighted by Gasteiger charge is 2.45. The van der Waals surface area contributed by atoms with Crippen molar-refractivity contribution in [1.29, 1.82) is 0 Å². The van der Waals surface area contributed by atoms with Gasteiger partial charge >= 0.3 is 0 Å². The Hall–Kier alpha value is -8.92. The third-order valence-electron chi connectivity index (χ3n) is 17.7. The maximum Gasteiger partial charge on any atom is 0.252 e. The van der Waals surface area contributed by atoms with Crippen molar-refractivity contribution in [3.05, 3.63) is 271 Å². The predicted octanol–water partition coefficient (Wildman–Crippen LogP) is 21.0. The molecule has 0 amide bonds. The zero-order valence-electron chi connectivity index (χ0n) is 49.2. The smallest absolute Gasteiger partial charge is 0.252 e. The second-order valence-corrected chi connectivity index (χ2v) is 23.3. The number of benzene rings is 11. The van der Waals surface area contributed by atoms with Gasteiger partial charge in [0.05, 0.1) is 11.4 Å². The lowest BCUT2D eigenvalue weighted by Gasteiger charge is -2.46. The van der Waals surface area contributed by atoms with Gasteiger partial charge in [-0.2, -0.15) is 0 Å². The Morgan fingerprint density at radius 3 is 0.869 bits per heavy atom. The first-order chi connectivity index (χ1) is 41.6. The molecule has 2 aliphatic heterocycles. The summed E-state index contributed by atoms with van der Waals surface area (Å²) < 4.78 is 0. The summed E-state index contributed by atoms with van der Waals surface area (Å²) >= 11 is 0. The van der Waals surface area contributed by atoms with Gasteiger partial charge in [-0.25, -0.2) is 0 Å². The molecule has 0 aliphatic carbocycles. The van der Waals surface area contributed by atoms with Gasteiger partial charge in [-0.15, -0.1) is 0 Å². The summed E-state index contributed by atoms with van der Waals surface area (Å²) in [5.74, 6) is 0. The molecule has 0 spiro atoms. The van der Waals surface area contributed by atoms with Crippen LogP contribution in [-0.4, -0.2) is 6.71 Å². The highest BCUT2D eigenvalue weighted by atomic mass is 15.2. The number of hydrogen-bond acceptors (Lipinski definition) is 2. The van der Waals surface area contributed by atoms with Crippen LogP contribution in [0.1, 0.15) is 95.2 Å². The van der Waals surface area contributed by atoms with E-state index in [1.165, 1.54) is 179 Å². The van der Waals surface area contributed by atoms with E-state index < -0.39 is 0 Å². The molecular weight excluding hydrogens is 1010 g/mol. The Morgan fingerprint density at radius 1 is 0.262 bits per heavy atom. The summed E-state index contributed by atoms with van der Waals surface area (Å²) in [6, 6.07) is 97.2. The van der Waals surface area contributed by atoms with E-state index in [4.69, 9.17) is 0 Å². The highest BCUT2D eigenvalue weighted by molar-refractivity contribution is 7.00. The van der Waals surface area contributed by atoms with Crippen LogP contribution in [0, 0.1) is 0 Å². The molecule has 11 aromatic carbocycles. The first-order valence-corrected chi connectivity index (χ1v) is 31.3. The van der Waals surface area contributed by atoms with E-state index in [1.54, 1.807) is 0 Å². The maximum absolute atomic E-state index is 2.74. The monoisotopic (exact) mass is 1090 g/mol. The number of hydrogen-bond donors (Lipinski definition) is 0. The fourth-order valence-corrected chi connectivity index (χ4v) is 13.5. The largest absolute Gasteiger partial charge is 0.310 e. The summed E-state index contributed by atoms with van der Waals surface area (Å²) in [5.41, 5.74) is 30.1. The lowest BCUT2D eigenvalue weighted by molar-refractivity contribution is 0.717. The van der Waals surface area contributed by atoms with Gasteiger partial charge in [-0.1, -0.05) is 266 Å². The molecule has 11 aromatic rings. The Labute approximate surface area is 500 Å². The van der Waals surface area contributed by atoms with Gasteiger partial charge in [0.25, 0.3) is 6.71 Å². The predicted molar refractivity (Wildman–Crippen MR) is 363 cm³/mol. The molecule has 0 fully saturated rings. The number of aryl methyl sites for hydroxylation is 3. The highest BCUT2D eigenvalue weighted by Crippen LogP contribution is 2.54. The summed E-state index contributed by atoms with van der Waals surface area (Å²) in [7, 11) is 0. The molecule has 0 unspecified atom stereocenters. The first-order valence-electron chi connectivity index (χ1n) is 31.3. The zero-order chi connectivity index (χ0) is 56.8. The molecule has 0 saturated carbocycles. The van der Waals surface area contributed by atoms with Crippen LogP contribution in [0.5, 0.6) is 0 Å². The van der Waals surface area contributed by atoms with Crippen LogP contribution in [0.2, 0.25) is 0 Å². The minimum absolute atomic E-state index is 0.0395. The molecule has 2 nitrogen and oxygen atoms in total. The standard InChI is InChI=1S/C81H75BN2/c1-4-7-16-31-58-46-48-75-73(50-58)82-74-51-59(32-17-8-5-2)47-49-76(74)84(81-71(65-42-27-14-28-43-65)56-68(62-36-21-11-22-37-62)57-72(81)66-44-29-15-30-45-66)78-53-60(33-18-9-6-3)52-77(79(78)82)83(75)80-69(63-38-23-12-24-39-63)54-67(61-34-19-10-20-35-61)55-70(80)64-40-25-13-26-41-64/h10-15,19-30,34-57H,4-9,16-18,31-33H2,1-3H3. The Morgan fingerprint density at radius 2 is 0.560 bits per heavy atom. The van der Waals surface area contributed by atoms with E-state index in [1.807, 2.05) is 0 Å². The normalized spacial score (nSPS) is 12.2. The van der Waals surface area contributed by atoms with Crippen molar-refractivity contribution in [2.45, 2.75) is 97.8 Å². The lowest BCUT2D eigenvalue weighted by Crippen LogP contribution is -2.61. The van der Waals surface area contributed by atoms with Crippen molar-refractivity contribution < 1.29 is 0 Å². The lowest BCUT2D eigenvalue weighted by atomic mass is 9.33. The fourth-order valence-electron chi connectivity index (χ4n) is 13.5. The number of nitrogens with zero attached hydrogens (tertiary/aromatic N) is 2. The number of rotatable bonds is 20. The van der Waals surface area contributed by atoms with Gasteiger partial charge in [0.15, 0.2) is 0 Å². The van der Waals surface area contributed by atoms with Gasteiger partial charge < -0.3 is 9.80 Å². The van der Waals surface area contributed by atoms with E-state index in [0.29, 0.717) is 0 Å². The van der Waals surface area contributed by atoms with Gasteiger partial charge in [0, 0.05) is 45.0 Å². The third-order valence-corrected chi connectivity index (χ3v) is 17.7. The van der Waals surface area contributed by atoms with Gasteiger partial charge in [-0.3, -0.25) is 0 Å². The average molecular weight is 1090 g/mol. The maximum atomic E-state index is 2.74. The van der Waals surface area contributed by atoms with Crippen molar-refractivity contribution >= 4 is 57.2 Å². The van der Waals surface area contributed by atoms with Crippen molar-refractivity contribution in [3.63, 3.8) is 0 Å². The quantitative estimate of drug-likeness (QED) is 0.0554. The van der Waals surface area contributed by atoms with Crippen molar-refractivity contribution in [3.8, 4) is 66.8 Å². The molecule has 2 aliphatic rings. The summed E-state index contributed by atoms with van der Waals surface area (Å²) in [6.45, 7) is 6.93. The van der Waals surface area contributed by atoms with Gasteiger partial charge in [-0.05, 0) is 165 Å². The van der Waals surface area contributed by atoms with Crippen molar-refractivity contribution in [1.82, 2.24) is 0 Å². The molecule has 0 N–H and O–H groups in total. The van der Waals surface area contributed by atoms with Crippen LogP contribution in [0.15, 0.2) is 255 Å². The average Bonchev–Trinajstić information content (AvgIpc) is 1.20. The number of anilines is 6. The summed E-state index contributed by atoms with van der Waals surface area (Å²) in [5, 5.41) is 0. The van der Waals surface area contributed by atoms with Crippen LogP contribution in [0.3, 0.4) is 0 Å². The molecule has 0 aromatic heterocycles. The van der Waals surface area contributed by atoms with E-state index in [0.717, 1.165) is 32.1 Å². The number of fused-ring (bicyclic) bond motifs is 4. The summed E-state index contributed by atoms with van der Waals surface area (Å²) in [4.78, 5) is 5.48. The third kappa shape index (κ3) is 10.7. The Kier molecular flexibility index (Phi) is 16.1. The second-order valence-electron chi connectivity index (χ2n) is 23.3. The molecular formula is C81H75BN2. The van der Waals surface area contributed by atoms with Crippen molar-refractivity contribution in [2.75, 3.05) is 9.80 Å². The molecule has 0 atom stereocenters. The van der Waals surface area contributed by atoms with Crippen LogP contribution < -0.4 is 26.2 Å². The molecule has 13 rings (SSSR count). The number of unbranched alkanes of at least 4 members (excludes halogenated alkanes) is 6. The SMILES string of the molecule is CCCCCc1ccc2c(c1)B1c3cc(CCCCC)ccc3N(c3c(-c4ccccc4)cc(-c4ccccc4)cc3-c3ccccc3)c3cc(CCCCC)cc(c31)N2c1c(-c2ccccc2)cc(-c2ccccc2)cc1-c1ccccc1. The van der Waals surface area contributed by atoms with E-state index in [9.17, 15) is 0 Å². The first kappa shape index (κ1) is 54.3. The Balaban J connectivity index is 1.19. The van der Waals surface area contributed by atoms with Crippen LogP contribution in [0.4, 0.5) is 34.1 Å². The van der Waals surface area contributed by atoms with Crippen molar-refractivity contribution in [2.24, 2.45) is 0 Å². The van der Waals surface area contributed by atoms with Crippen LogP contribution >= 0.6 is 0 Å². The van der Waals surface area contributed by atoms with Gasteiger partial charge in [0.2, 0.25) is 0 Å². The minimum atomic E-state index is -0.0395. The molecule has 84 heavy (non-hydrogen) atoms. The fraction of sp³-hybridized carbons (Fsp3) is 0.185. The zero-order valence-corrected chi connectivity index (χ0v) is 49.2. The van der Waals surface area contributed by atoms with E-state index in [-0.39, 0.29) is 6.71 Å². The van der Waals surface area contributed by atoms with Crippen LogP contribution in [-0.2, 0) is 19.3 Å². The van der Waals surface area contributed by atoms with Crippen LogP contribution in [0.25, 0.3) is 66.8 Å². The molecule has 0 saturated heterocycles. The topological polar surface area (TPSA) is 6.48 Å². The molecule has 2 heterocycles. The molecule has 0 bridgehead atoms. The minimum Gasteiger partial charge on any atom is -0.310 e. The molecule has 412 valence electrons. The molecule has 3 heteroatoms. The van der Waals surface area contributed by atoms with E-state index in [2.05, 4.69) is 285 Å². The molecule has 0 radical (unpaired) electrons. The van der Waals surface area contributed by atoms with Gasteiger partial charge in [0.1, 0.15) is 0 Å². The summed E-state index contributed by atoms with van der Waals surface area (Å²) in [6.07, 6.45) is 13.6. The Bertz CT molecular complexity index is 3670.